The van der Waals surface area contributed by atoms with Crippen molar-refractivity contribution in [2.75, 3.05) is 0 Å². The molecule has 1 nitrogen and oxygen atoms in total. The molecule has 0 aromatic carbocycles. The van der Waals surface area contributed by atoms with E-state index in [1.807, 2.05) is 0 Å². The first-order chi connectivity index (χ1) is 4.50. The summed E-state index contributed by atoms with van der Waals surface area (Å²) in [5.41, 5.74) is 0. The first-order valence-corrected chi connectivity index (χ1v) is 2.81. The lowest BCUT2D eigenvalue weighted by Gasteiger charge is -1.99. The van der Waals surface area contributed by atoms with Crippen molar-refractivity contribution in [3.8, 4) is 0 Å². The minimum Gasteiger partial charge on any atom is -0.446 e. The maximum absolute atomic E-state index is 11.7. The van der Waals surface area contributed by atoms with Gasteiger partial charge in [0.05, 0.1) is 0 Å². The maximum Gasteiger partial charge on any atom is 0.449 e. The highest BCUT2D eigenvalue weighted by Crippen LogP contribution is 2.31. The van der Waals surface area contributed by atoms with Gasteiger partial charge in [-0.1, -0.05) is 0 Å². The van der Waals surface area contributed by atoms with Gasteiger partial charge >= 0.3 is 6.18 Å². The smallest absolute Gasteiger partial charge is 0.446 e. The van der Waals surface area contributed by atoms with Crippen molar-refractivity contribution >= 4 is 12.6 Å². The van der Waals surface area contributed by atoms with Crippen LogP contribution in [0.5, 0.6) is 0 Å². The molecular formula is C5H3F3OS. The molecule has 0 bridgehead atoms. The van der Waals surface area contributed by atoms with Crippen molar-refractivity contribution < 1.29 is 17.6 Å². The van der Waals surface area contributed by atoms with Crippen LogP contribution in [0.2, 0.25) is 0 Å². The molecular weight excluding hydrogens is 165 g/mol. The van der Waals surface area contributed by atoms with Crippen molar-refractivity contribution in [3.05, 3.63) is 17.9 Å². The summed E-state index contributed by atoms with van der Waals surface area (Å²) in [6, 6.07) is 1.98. The van der Waals surface area contributed by atoms with Crippen LogP contribution in [0, 0.1) is 0 Å². The molecule has 0 saturated carbocycles. The average Bonchev–Trinajstić information content (AvgIpc) is 2.11. The van der Waals surface area contributed by atoms with Crippen molar-refractivity contribution in [1.29, 1.82) is 0 Å². The molecule has 10 heavy (non-hydrogen) atoms. The number of alkyl halides is 3. The SMILES string of the molecule is FC(F)(F)c1ccc(S)o1. The van der Waals surface area contributed by atoms with Crippen LogP contribution in [0.15, 0.2) is 21.6 Å². The van der Waals surface area contributed by atoms with Crippen LogP contribution in [0.4, 0.5) is 13.2 Å². The second-order valence-electron chi connectivity index (χ2n) is 1.64. The molecule has 0 unspecified atom stereocenters. The Morgan fingerprint density at radius 1 is 1.30 bits per heavy atom. The summed E-state index contributed by atoms with van der Waals surface area (Å²) in [5.74, 6) is -1.02. The number of furan rings is 1. The molecule has 0 saturated heterocycles. The minimum atomic E-state index is -4.40. The Hall–Kier alpha value is -0.580. The van der Waals surface area contributed by atoms with E-state index in [1.165, 1.54) is 0 Å². The molecule has 1 aromatic heterocycles. The van der Waals surface area contributed by atoms with Gasteiger partial charge in [-0.3, -0.25) is 0 Å². The number of halogens is 3. The van der Waals surface area contributed by atoms with Crippen LogP contribution < -0.4 is 0 Å². The van der Waals surface area contributed by atoms with Gasteiger partial charge in [0.25, 0.3) is 0 Å². The van der Waals surface area contributed by atoms with Crippen LogP contribution in [0.3, 0.4) is 0 Å². The average molecular weight is 168 g/mol. The fourth-order valence-corrected chi connectivity index (χ4v) is 0.653. The molecule has 1 heterocycles. The van der Waals surface area contributed by atoms with Crippen LogP contribution in [0.1, 0.15) is 5.76 Å². The molecule has 0 radical (unpaired) electrons. The van der Waals surface area contributed by atoms with E-state index in [4.69, 9.17) is 0 Å². The predicted molar refractivity (Wildman–Crippen MR) is 31.0 cm³/mol. The maximum atomic E-state index is 11.7. The summed E-state index contributed by atoms with van der Waals surface area (Å²) < 4.78 is 39.2. The number of hydrogen-bond acceptors (Lipinski definition) is 2. The topological polar surface area (TPSA) is 13.1 Å². The first kappa shape index (κ1) is 7.53. The highest BCUT2D eigenvalue weighted by molar-refractivity contribution is 7.80. The normalized spacial score (nSPS) is 12.0. The fraction of sp³-hybridized carbons (Fsp3) is 0.200. The van der Waals surface area contributed by atoms with Crippen LogP contribution in [0.25, 0.3) is 0 Å². The van der Waals surface area contributed by atoms with Gasteiger partial charge in [0.2, 0.25) is 5.76 Å². The third-order valence-corrected chi connectivity index (χ3v) is 1.11. The van der Waals surface area contributed by atoms with E-state index in [0.717, 1.165) is 12.1 Å². The van der Waals surface area contributed by atoms with Gasteiger partial charge in [0.1, 0.15) is 0 Å². The Kier molecular flexibility index (Phi) is 1.68. The summed E-state index contributed by atoms with van der Waals surface area (Å²) in [5, 5.41) is -0.0349. The van der Waals surface area contributed by atoms with E-state index in [0.29, 0.717) is 0 Å². The Morgan fingerprint density at radius 3 is 2.10 bits per heavy atom. The van der Waals surface area contributed by atoms with Crippen molar-refractivity contribution in [3.63, 3.8) is 0 Å². The predicted octanol–water partition coefficient (Wildman–Crippen LogP) is 2.59. The molecule has 0 spiro atoms. The molecule has 0 N–H and O–H groups in total. The Balaban J connectivity index is 2.96. The largest absolute Gasteiger partial charge is 0.449 e. The van der Waals surface area contributed by atoms with E-state index in [9.17, 15) is 13.2 Å². The van der Waals surface area contributed by atoms with Gasteiger partial charge in [-0.15, -0.1) is 12.6 Å². The molecule has 56 valence electrons. The quantitative estimate of drug-likeness (QED) is 0.587. The van der Waals surface area contributed by atoms with E-state index in [2.05, 4.69) is 17.0 Å². The Bertz CT molecular complexity index is 227. The fourth-order valence-electron chi connectivity index (χ4n) is 0.480. The Morgan fingerprint density at radius 2 is 1.90 bits per heavy atom. The molecule has 0 aliphatic carbocycles. The van der Waals surface area contributed by atoms with Crippen molar-refractivity contribution in [2.24, 2.45) is 0 Å². The molecule has 0 atom stereocenters. The van der Waals surface area contributed by atoms with Crippen LogP contribution in [-0.4, -0.2) is 0 Å². The number of thiol groups is 1. The summed E-state index contributed by atoms with van der Waals surface area (Å²) in [6.07, 6.45) is -4.40. The number of hydrogen-bond donors (Lipinski definition) is 1. The Labute approximate surface area is 60.2 Å². The summed E-state index contributed by atoms with van der Waals surface area (Å²) in [7, 11) is 0. The van der Waals surface area contributed by atoms with Gasteiger partial charge < -0.3 is 4.42 Å². The van der Waals surface area contributed by atoms with Gasteiger partial charge in [0, 0.05) is 0 Å². The summed E-state index contributed by atoms with van der Waals surface area (Å²) in [6.45, 7) is 0. The summed E-state index contributed by atoms with van der Waals surface area (Å²) >= 11 is 3.57. The zero-order valence-corrected chi connectivity index (χ0v) is 5.54. The monoisotopic (exact) mass is 168 g/mol. The first-order valence-electron chi connectivity index (χ1n) is 2.36. The molecule has 1 aromatic rings. The van der Waals surface area contributed by atoms with Crippen molar-refractivity contribution in [2.45, 2.75) is 11.3 Å². The highest BCUT2D eigenvalue weighted by atomic mass is 32.1. The minimum absolute atomic E-state index is 0.0349. The van der Waals surface area contributed by atoms with E-state index in [1.54, 1.807) is 0 Å². The zero-order valence-electron chi connectivity index (χ0n) is 4.64. The lowest BCUT2D eigenvalue weighted by molar-refractivity contribution is -0.154. The third kappa shape index (κ3) is 1.47. The summed E-state index contributed by atoms with van der Waals surface area (Å²) in [4.78, 5) is 0. The van der Waals surface area contributed by atoms with E-state index >= 15 is 0 Å². The number of rotatable bonds is 0. The second-order valence-corrected chi connectivity index (χ2v) is 2.08. The third-order valence-electron chi connectivity index (χ3n) is 0.871. The van der Waals surface area contributed by atoms with Gasteiger partial charge in [-0.05, 0) is 12.1 Å². The lowest BCUT2D eigenvalue weighted by atomic mass is 10.4. The van der Waals surface area contributed by atoms with Crippen LogP contribution >= 0.6 is 12.6 Å². The molecule has 5 heteroatoms. The van der Waals surface area contributed by atoms with Crippen molar-refractivity contribution in [1.82, 2.24) is 0 Å². The molecule has 0 aliphatic rings. The molecule has 0 amide bonds. The zero-order chi connectivity index (χ0) is 7.78. The molecule has 1 rings (SSSR count). The lowest BCUT2D eigenvalue weighted by Crippen LogP contribution is -2.01. The van der Waals surface area contributed by atoms with E-state index < -0.39 is 11.9 Å². The van der Waals surface area contributed by atoms with Gasteiger partial charge in [0.15, 0.2) is 5.09 Å². The van der Waals surface area contributed by atoms with Gasteiger partial charge in [-0.25, -0.2) is 0 Å². The molecule has 0 fully saturated rings. The molecule has 0 aliphatic heterocycles. The van der Waals surface area contributed by atoms with E-state index in [-0.39, 0.29) is 5.09 Å². The van der Waals surface area contributed by atoms with Gasteiger partial charge in [-0.2, -0.15) is 13.2 Å². The van der Waals surface area contributed by atoms with Crippen LogP contribution in [-0.2, 0) is 6.18 Å². The highest BCUT2D eigenvalue weighted by Gasteiger charge is 2.34. The second kappa shape index (κ2) is 2.23. The standard InChI is InChI=1S/C5H3F3OS/c6-5(7,8)3-1-2-4(10)9-3/h1-2,10H.